The van der Waals surface area contributed by atoms with E-state index in [-0.39, 0.29) is 77.2 Å². The molecule has 0 aromatic rings. The molecule has 32 heavy (non-hydrogen) atoms. The molecule has 0 N–H and O–H groups in total. The van der Waals surface area contributed by atoms with Crippen LogP contribution in [0.1, 0.15) is 47.0 Å². The molecular formula is C20H31KNO7PS2. The van der Waals surface area contributed by atoms with Gasteiger partial charge in [0.05, 0.1) is 34.3 Å². The van der Waals surface area contributed by atoms with Crippen molar-refractivity contribution < 1.29 is 81.9 Å². The van der Waals surface area contributed by atoms with Crippen molar-refractivity contribution in [3.63, 3.8) is 0 Å². The second kappa shape index (κ2) is 11.1. The van der Waals surface area contributed by atoms with Crippen LogP contribution >= 0.6 is 7.14 Å². The largest absolute Gasteiger partial charge is 1.00 e. The Bertz CT molecular complexity index is 1040. The van der Waals surface area contributed by atoms with Crippen LogP contribution in [-0.2, 0) is 24.8 Å². The van der Waals surface area contributed by atoms with E-state index in [2.05, 4.69) is 6.08 Å². The first-order valence-corrected chi connectivity index (χ1v) is 15.6. The van der Waals surface area contributed by atoms with E-state index in [0.717, 1.165) is 0 Å². The molecule has 1 aliphatic heterocycles. The summed E-state index contributed by atoms with van der Waals surface area (Å²) < 4.78 is 83.8. The molecule has 2 unspecified atom stereocenters. The fraction of sp³-hybridized carbons (Fsp3) is 0.700. The summed E-state index contributed by atoms with van der Waals surface area (Å²) in [5.41, 5.74) is 0.0776. The zero-order chi connectivity index (χ0) is 23.7. The zero-order valence-electron chi connectivity index (χ0n) is 19.5. The minimum atomic E-state index is -4.88. The van der Waals surface area contributed by atoms with Gasteiger partial charge in [0, 0.05) is 24.5 Å². The molecular weight excluding hydrogens is 500 g/mol. The maximum absolute atomic E-state index is 13.1. The maximum Gasteiger partial charge on any atom is 1.00 e. The molecule has 2 atom stereocenters. The van der Waals surface area contributed by atoms with Crippen molar-refractivity contribution in [1.29, 1.82) is 0 Å². The van der Waals surface area contributed by atoms with E-state index in [1.165, 1.54) is 11.8 Å². The SMILES string of the molecule is CCP(=O)(CC)CCC1(C)C2=C(C=C[C+]=C2)N(CCCCS(=O)(=O)[O-])C1(C)S(=O)(=O)[O-].[K+]. The van der Waals surface area contributed by atoms with Gasteiger partial charge in [-0.1, -0.05) is 13.8 Å². The molecule has 0 fully saturated rings. The molecule has 0 aromatic carbocycles. The minimum Gasteiger partial charge on any atom is -0.748 e. The molecule has 2 rings (SSSR count). The van der Waals surface area contributed by atoms with Gasteiger partial charge in [-0.05, 0) is 45.4 Å². The molecule has 0 spiro atoms. The summed E-state index contributed by atoms with van der Waals surface area (Å²) >= 11 is 0. The number of rotatable bonds is 11. The van der Waals surface area contributed by atoms with Crippen LogP contribution in [0.15, 0.2) is 29.5 Å². The number of hydrogen-bond donors (Lipinski definition) is 0. The number of nitrogens with zero attached hydrogens (tertiary/aromatic N) is 1. The second-order valence-corrected chi connectivity index (χ2v) is 15.6. The molecule has 1 heterocycles. The fourth-order valence-corrected chi connectivity index (χ4v) is 8.22. The van der Waals surface area contributed by atoms with Crippen LogP contribution in [0, 0.1) is 11.5 Å². The van der Waals surface area contributed by atoms with E-state index in [4.69, 9.17) is 0 Å². The van der Waals surface area contributed by atoms with Crippen LogP contribution in [0.5, 0.6) is 0 Å². The molecule has 0 bridgehead atoms. The molecule has 1 aliphatic carbocycles. The third-order valence-corrected chi connectivity index (χ3v) is 12.7. The van der Waals surface area contributed by atoms with E-state index in [1.54, 1.807) is 25.2 Å². The Balaban J connectivity index is 0.00000512. The normalized spacial score (nSPS) is 25.5. The van der Waals surface area contributed by atoms with E-state index in [9.17, 15) is 30.5 Å². The van der Waals surface area contributed by atoms with Crippen LogP contribution in [0.3, 0.4) is 0 Å². The van der Waals surface area contributed by atoms with Crippen molar-refractivity contribution in [2.75, 3.05) is 30.8 Å². The van der Waals surface area contributed by atoms with Crippen LogP contribution in [0.2, 0.25) is 0 Å². The van der Waals surface area contributed by atoms with Crippen LogP contribution in [0.4, 0.5) is 0 Å². The zero-order valence-corrected chi connectivity index (χ0v) is 25.1. The smallest absolute Gasteiger partial charge is 0.748 e. The average Bonchev–Trinajstić information content (AvgIpc) is 2.88. The van der Waals surface area contributed by atoms with Gasteiger partial charge in [-0.25, -0.2) is 16.8 Å². The quantitative estimate of drug-likeness (QED) is 0.118. The summed E-state index contributed by atoms with van der Waals surface area (Å²) in [4.78, 5) is -0.348. The van der Waals surface area contributed by atoms with Gasteiger partial charge in [0.15, 0.2) is 10.6 Å². The molecule has 176 valence electrons. The molecule has 12 heteroatoms. The Morgan fingerprint density at radius 1 is 1.09 bits per heavy atom. The minimum absolute atomic E-state index is 0. The summed E-state index contributed by atoms with van der Waals surface area (Å²) in [5.74, 6) is -0.551. The maximum atomic E-state index is 13.1. The van der Waals surface area contributed by atoms with E-state index < -0.39 is 43.4 Å². The third kappa shape index (κ3) is 6.05. The topological polar surface area (TPSA) is 135 Å². The van der Waals surface area contributed by atoms with Crippen molar-refractivity contribution in [2.45, 2.75) is 51.8 Å². The van der Waals surface area contributed by atoms with Gasteiger partial charge < -0.3 is 18.6 Å². The standard InChI is InChI=1S/C20H32NO7PS2.K/c1-5-29(22,6-2)15-13-19(3)17-11-7-8-12-18(17)21(20(19,4)31(26,27)28)14-9-10-16-30(23,24)25;/h8,11-12H,5-6,9-10,13-16H2,1-4H3,(H-,23,24,25,26,27,28);/q;+1/p-1. The van der Waals surface area contributed by atoms with Gasteiger partial charge in [-0.2, -0.15) is 0 Å². The van der Waals surface area contributed by atoms with Crippen LogP contribution < -0.4 is 51.4 Å². The van der Waals surface area contributed by atoms with Crippen molar-refractivity contribution in [2.24, 2.45) is 5.41 Å². The van der Waals surface area contributed by atoms with Gasteiger partial charge >= 0.3 is 51.4 Å². The van der Waals surface area contributed by atoms with Gasteiger partial charge in [0.2, 0.25) is 0 Å². The molecule has 8 nitrogen and oxygen atoms in total. The van der Waals surface area contributed by atoms with Crippen molar-refractivity contribution in [3.8, 4) is 0 Å². The number of unbranched alkanes of at least 4 members (excludes halogenated alkanes) is 1. The summed E-state index contributed by atoms with van der Waals surface area (Å²) in [6.07, 6.45) is 9.80. The third-order valence-electron chi connectivity index (χ3n) is 6.95. The van der Waals surface area contributed by atoms with E-state index in [0.29, 0.717) is 29.8 Å². The molecule has 0 amide bonds. The number of hydrogen-bond acceptors (Lipinski definition) is 8. The van der Waals surface area contributed by atoms with E-state index in [1.807, 2.05) is 13.8 Å². The molecule has 0 aromatic heterocycles. The average molecular weight is 532 g/mol. The molecule has 0 saturated carbocycles. The molecule has 2 aliphatic rings. The number of allylic oxidation sites excluding steroid dienone is 4. The van der Waals surface area contributed by atoms with Crippen molar-refractivity contribution in [1.82, 2.24) is 4.90 Å². The molecule has 0 radical (unpaired) electrons. The Labute approximate surface area is 235 Å². The van der Waals surface area contributed by atoms with Crippen LogP contribution in [0.25, 0.3) is 0 Å². The Hall–Kier alpha value is 0.616. The van der Waals surface area contributed by atoms with Gasteiger partial charge in [-0.15, -0.1) is 0 Å². The predicted molar refractivity (Wildman–Crippen MR) is 119 cm³/mol. The summed E-state index contributed by atoms with van der Waals surface area (Å²) in [6.45, 7) is 6.90. The predicted octanol–water partition coefficient (Wildman–Crippen LogP) is -0.125. The first-order chi connectivity index (χ1) is 14.2. The Morgan fingerprint density at radius 3 is 2.19 bits per heavy atom. The summed E-state index contributed by atoms with van der Waals surface area (Å²) in [7, 11) is -11.7. The Kier molecular flexibility index (Phi) is 10.7. The van der Waals surface area contributed by atoms with Gasteiger partial charge in [0.1, 0.15) is 22.3 Å². The van der Waals surface area contributed by atoms with Gasteiger partial charge in [0.25, 0.3) is 0 Å². The summed E-state index contributed by atoms with van der Waals surface area (Å²) in [5, 5.41) is 0. The van der Waals surface area contributed by atoms with Crippen molar-refractivity contribution >= 4 is 27.4 Å². The molecule has 0 saturated heterocycles. The first kappa shape index (κ1) is 30.6. The summed E-state index contributed by atoms with van der Waals surface area (Å²) in [6, 6.07) is 0. The second-order valence-electron chi connectivity index (χ2n) is 8.50. The van der Waals surface area contributed by atoms with Gasteiger partial charge in [-0.3, -0.25) is 0 Å². The monoisotopic (exact) mass is 531 g/mol. The van der Waals surface area contributed by atoms with Crippen LogP contribution in [-0.4, -0.2) is 66.5 Å². The first-order valence-electron chi connectivity index (χ1n) is 10.4. The van der Waals surface area contributed by atoms with E-state index >= 15 is 0 Å². The Morgan fingerprint density at radius 2 is 1.69 bits per heavy atom. The van der Waals surface area contributed by atoms with Crippen molar-refractivity contribution in [3.05, 3.63) is 35.6 Å². The fourth-order valence-electron chi connectivity index (χ4n) is 4.50.